The highest BCUT2D eigenvalue weighted by molar-refractivity contribution is 6.30. The summed E-state index contributed by atoms with van der Waals surface area (Å²) in [6.45, 7) is 5.05. The van der Waals surface area contributed by atoms with Gasteiger partial charge in [0.05, 0.1) is 5.69 Å². The fourth-order valence-electron chi connectivity index (χ4n) is 3.73. The van der Waals surface area contributed by atoms with E-state index < -0.39 is 0 Å². The van der Waals surface area contributed by atoms with Crippen LogP contribution in [0, 0.1) is 12.8 Å². The molecule has 0 amide bonds. The van der Waals surface area contributed by atoms with Crippen LogP contribution in [0.4, 0.5) is 5.82 Å². The van der Waals surface area contributed by atoms with Gasteiger partial charge in [-0.1, -0.05) is 23.7 Å². The summed E-state index contributed by atoms with van der Waals surface area (Å²) in [5, 5.41) is 12.7. The van der Waals surface area contributed by atoms with Crippen molar-refractivity contribution in [2.24, 2.45) is 5.92 Å². The number of anilines is 1. The van der Waals surface area contributed by atoms with E-state index in [1.165, 1.54) is 24.8 Å². The lowest BCUT2D eigenvalue weighted by Crippen LogP contribution is -2.51. The first kappa shape index (κ1) is 15.0. The third-order valence-corrected chi connectivity index (χ3v) is 5.49. The van der Waals surface area contributed by atoms with E-state index in [9.17, 15) is 0 Å². The number of hydrogen-bond acceptors (Lipinski definition) is 3. The smallest absolute Gasteiger partial charge is 0.124 e. The van der Waals surface area contributed by atoms with Gasteiger partial charge < -0.3 is 10.6 Å². The molecule has 0 unspecified atom stereocenters. The Morgan fingerprint density at radius 1 is 1.35 bits per heavy atom. The summed E-state index contributed by atoms with van der Waals surface area (Å²) in [5.74, 6) is 1.71. The Morgan fingerprint density at radius 3 is 2.83 bits per heavy atom. The van der Waals surface area contributed by atoms with Crippen LogP contribution in [0.5, 0.6) is 0 Å². The number of nitrogens with one attached hydrogen (secondary N) is 2. The molecule has 2 N–H and O–H groups in total. The van der Waals surface area contributed by atoms with Crippen LogP contribution in [0.25, 0.3) is 0 Å². The Balaban J connectivity index is 1.43. The summed E-state index contributed by atoms with van der Waals surface area (Å²) >= 11 is 6.03. The zero-order valence-corrected chi connectivity index (χ0v) is 14.2. The predicted octanol–water partition coefficient (Wildman–Crippen LogP) is 3.56. The highest BCUT2D eigenvalue weighted by Crippen LogP contribution is 2.41. The molecule has 5 heteroatoms. The van der Waals surface area contributed by atoms with E-state index >= 15 is 0 Å². The van der Waals surface area contributed by atoms with Crippen molar-refractivity contribution in [2.75, 3.05) is 18.4 Å². The van der Waals surface area contributed by atoms with Crippen molar-refractivity contribution in [2.45, 2.75) is 38.3 Å². The maximum absolute atomic E-state index is 6.03. The van der Waals surface area contributed by atoms with E-state index in [0.717, 1.165) is 36.2 Å². The van der Waals surface area contributed by atoms with Crippen LogP contribution in [-0.2, 0) is 12.1 Å². The summed E-state index contributed by atoms with van der Waals surface area (Å²) in [6, 6.07) is 10.5. The van der Waals surface area contributed by atoms with Gasteiger partial charge >= 0.3 is 0 Å². The molecule has 1 aliphatic carbocycles. The van der Waals surface area contributed by atoms with Crippen molar-refractivity contribution < 1.29 is 0 Å². The highest BCUT2D eigenvalue weighted by Gasteiger charge is 2.38. The average Bonchev–Trinajstić information content (AvgIpc) is 2.87. The molecule has 122 valence electrons. The maximum atomic E-state index is 6.03. The van der Waals surface area contributed by atoms with Gasteiger partial charge in [0.2, 0.25) is 0 Å². The van der Waals surface area contributed by atoms with Gasteiger partial charge in [-0.2, -0.15) is 5.10 Å². The number of halogens is 1. The average molecular weight is 331 g/mol. The molecule has 1 saturated carbocycles. The number of nitrogens with zero attached hydrogens (tertiary/aromatic N) is 2. The van der Waals surface area contributed by atoms with Crippen LogP contribution in [-0.4, -0.2) is 22.9 Å². The molecule has 0 saturated heterocycles. The largest absolute Gasteiger partial charge is 0.370 e. The third kappa shape index (κ3) is 2.86. The van der Waals surface area contributed by atoms with Crippen molar-refractivity contribution in [1.82, 2.24) is 15.1 Å². The number of benzene rings is 1. The molecule has 0 bridgehead atoms. The number of aromatic nitrogens is 2. The molecule has 1 aliphatic heterocycles. The highest BCUT2D eigenvalue weighted by atomic mass is 35.5. The minimum atomic E-state index is 0.144. The first-order chi connectivity index (χ1) is 11.1. The van der Waals surface area contributed by atoms with Crippen LogP contribution >= 0.6 is 11.6 Å². The Bertz CT molecular complexity index is 688. The van der Waals surface area contributed by atoms with Gasteiger partial charge in [-0.15, -0.1) is 0 Å². The lowest BCUT2D eigenvalue weighted by atomic mass is 9.71. The Hall–Kier alpha value is -1.52. The SMILES string of the molecule is Cc1cc2n(n1)C[C@H](CNC1(c3ccc(Cl)cc3)CCC1)CN2. The molecule has 2 aliphatic rings. The second-order valence-corrected chi connectivity index (χ2v) is 7.36. The van der Waals surface area contributed by atoms with Crippen molar-refractivity contribution in [3.63, 3.8) is 0 Å². The third-order valence-electron chi connectivity index (χ3n) is 5.24. The van der Waals surface area contributed by atoms with E-state index in [0.29, 0.717) is 5.92 Å². The van der Waals surface area contributed by atoms with Gasteiger partial charge in [0.1, 0.15) is 5.82 Å². The lowest BCUT2D eigenvalue weighted by molar-refractivity contribution is 0.172. The van der Waals surface area contributed by atoms with E-state index in [-0.39, 0.29) is 5.54 Å². The van der Waals surface area contributed by atoms with Crippen LogP contribution in [0.3, 0.4) is 0 Å². The molecule has 1 fully saturated rings. The molecule has 23 heavy (non-hydrogen) atoms. The molecule has 4 rings (SSSR count). The Morgan fingerprint density at radius 2 is 2.13 bits per heavy atom. The van der Waals surface area contributed by atoms with Crippen LogP contribution in [0.15, 0.2) is 30.3 Å². The zero-order valence-electron chi connectivity index (χ0n) is 13.5. The maximum Gasteiger partial charge on any atom is 0.124 e. The van der Waals surface area contributed by atoms with Gasteiger partial charge in [-0.05, 0) is 43.9 Å². The van der Waals surface area contributed by atoms with Crippen LogP contribution in [0.1, 0.15) is 30.5 Å². The number of fused-ring (bicyclic) bond motifs is 1. The molecular formula is C18H23ClN4. The molecule has 1 atom stereocenters. The monoisotopic (exact) mass is 330 g/mol. The second-order valence-electron chi connectivity index (χ2n) is 6.92. The lowest BCUT2D eigenvalue weighted by Gasteiger charge is -2.44. The minimum Gasteiger partial charge on any atom is -0.370 e. The molecule has 2 aromatic rings. The van der Waals surface area contributed by atoms with E-state index in [2.05, 4.69) is 38.6 Å². The van der Waals surface area contributed by atoms with Gasteiger partial charge in [0.25, 0.3) is 0 Å². The second kappa shape index (κ2) is 5.84. The molecule has 0 radical (unpaired) electrons. The summed E-state index contributed by atoms with van der Waals surface area (Å²) < 4.78 is 2.10. The van der Waals surface area contributed by atoms with Crippen LogP contribution < -0.4 is 10.6 Å². The van der Waals surface area contributed by atoms with Crippen molar-refractivity contribution in [1.29, 1.82) is 0 Å². The number of rotatable bonds is 4. The van der Waals surface area contributed by atoms with Crippen molar-refractivity contribution in [3.8, 4) is 0 Å². The van der Waals surface area contributed by atoms with Crippen molar-refractivity contribution >= 4 is 17.4 Å². The Kier molecular flexibility index (Phi) is 3.82. The van der Waals surface area contributed by atoms with E-state index in [1.807, 2.05) is 19.1 Å². The summed E-state index contributed by atoms with van der Waals surface area (Å²) in [5.41, 5.74) is 2.59. The zero-order chi connectivity index (χ0) is 15.9. The molecular weight excluding hydrogens is 308 g/mol. The fraction of sp³-hybridized carbons (Fsp3) is 0.500. The summed E-state index contributed by atoms with van der Waals surface area (Å²) in [6.07, 6.45) is 3.71. The van der Waals surface area contributed by atoms with Gasteiger partial charge in [-0.25, -0.2) is 4.68 Å². The van der Waals surface area contributed by atoms with Crippen molar-refractivity contribution in [3.05, 3.63) is 46.6 Å². The van der Waals surface area contributed by atoms with E-state index in [1.54, 1.807) is 0 Å². The first-order valence-electron chi connectivity index (χ1n) is 8.44. The molecule has 2 heterocycles. The number of aryl methyl sites for hydroxylation is 1. The first-order valence-corrected chi connectivity index (χ1v) is 8.82. The topological polar surface area (TPSA) is 41.9 Å². The van der Waals surface area contributed by atoms with Gasteiger partial charge in [0.15, 0.2) is 0 Å². The normalized spacial score (nSPS) is 22.1. The molecule has 1 aromatic heterocycles. The fourth-order valence-corrected chi connectivity index (χ4v) is 3.85. The van der Waals surface area contributed by atoms with Gasteiger partial charge in [0, 0.05) is 42.2 Å². The summed E-state index contributed by atoms with van der Waals surface area (Å²) in [7, 11) is 0. The van der Waals surface area contributed by atoms with Crippen LogP contribution in [0.2, 0.25) is 5.02 Å². The Labute approximate surface area is 142 Å². The predicted molar refractivity (Wildman–Crippen MR) is 93.9 cm³/mol. The molecule has 0 spiro atoms. The summed E-state index contributed by atoms with van der Waals surface area (Å²) in [4.78, 5) is 0. The number of hydrogen-bond donors (Lipinski definition) is 2. The minimum absolute atomic E-state index is 0.144. The van der Waals surface area contributed by atoms with E-state index in [4.69, 9.17) is 11.6 Å². The molecule has 4 nitrogen and oxygen atoms in total. The quantitative estimate of drug-likeness (QED) is 0.900. The standard InChI is InChI=1S/C18H23ClN4/c1-13-9-17-20-10-14(12-23(17)22-13)11-21-18(7-2-8-18)15-3-5-16(19)6-4-15/h3-6,9,14,20-21H,2,7-8,10-12H2,1H3/t14-/m0/s1. The van der Waals surface area contributed by atoms with Gasteiger partial charge in [-0.3, -0.25) is 0 Å². The molecule has 1 aromatic carbocycles.